The third-order valence-corrected chi connectivity index (χ3v) is 5.98. The molecule has 0 aromatic carbocycles. The third kappa shape index (κ3) is 40.9. The van der Waals surface area contributed by atoms with E-state index in [-0.39, 0.29) is 5.54 Å². The van der Waals surface area contributed by atoms with Crippen LogP contribution in [0, 0.1) is 11.8 Å². The zero-order chi connectivity index (χ0) is 28.5. The Kier molecular flexibility index (Phi) is 44.0. The van der Waals surface area contributed by atoms with Crippen molar-refractivity contribution in [1.82, 2.24) is 5.32 Å². The van der Waals surface area contributed by atoms with Crippen molar-refractivity contribution in [3.63, 3.8) is 0 Å². The molecule has 0 heterocycles. The standard InChI is InChI=1S/C19H42N2O2.C7H17N.C3H8.C2H6/c1-5-19(4,11-7-15-23-16-8-12-20)21-13-9-17-22-14-6-10-18(2)3;1-3-7(2)5-4-6-8;1-3-2;1-2/h18,21H,5-17,20H2,1-4H3;7H,3-6,8H2,1-2H3;3H2,1-2H3;1-2H3. The molecule has 0 aliphatic carbocycles. The van der Waals surface area contributed by atoms with Gasteiger partial charge in [-0.3, -0.25) is 0 Å². The van der Waals surface area contributed by atoms with Crippen molar-refractivity contribution < 1.29 is 9.47 Å². The van der Waals surface area contributed by atoms with Gasteiger partial charge in [0.1, 0.15) is 0 Å². The molecule has 0 saturated carbocycles. The van der Waals surface area contributed by atoms with Gasteiger partial charge in [-0.25, -0.2) is 0 Å². The highest BCUT2D eigenvalue weighted by Gasteiger charge is 2.20. The van der Waals surface area contributed by atoms with Crippen LogP contribution in [-0.4, -0.2) is 51.6 Å². The summed E-state index contributed by atoms with van der Waals surface area (Å²) in [5, 5.41) is 3.70. The Balaban J connectivity index is -0.000000325. The molecular formula is C31H73N3O2. The van der Waals surface area contributed by atoms with Gasteiger partial charge in [0.05, 0.1) is 0 Å². The van der Waals surface area contributed by atoms with Gasteiger partial charge in [0.25, 0.3) is 0 Å². The minimum absolute atomic E-state index is 0.217. The quantitative estimate of drug-likeness (QED) is 0.134. The van der Waals surface area contributed by atoms with Gasteiger partial charge in [0.15, 0.2) is 0 Å². The molecular weight excluding hydrogens is 446 g/mol. The molecule has 0 aliphatic rings. The first kappa shape index (κ1) is 42.9. The van der Waals surface area contributed by atoms with Crippen LogP contribution in [0.4, 0.5) is 0 Å². The first-order chi connectivity index (χ1) is 17.3. The molecule has 2 atom stereocenters. The average molecular weight is 520 g/mol. The normalized spacial score (nSPS) is 12.9. The summed E-state index contributed by atoms with van der Waals surface area (Å²) >= 11 is 0. The molecule has 2 unspecified atom stereocenters. The molecule has 36 heavy (non-hydrogen) atoms. The number of ether oxygens (including phenoxy) is 2. The van der Waals surface area contributed by atoms with E-state index < -0.39 is 0 Å². The van der Waals surface area contributed by atoms with E-state index in [1.54, 1.807) is 0 Å². The zero-order valence-corrected chi connectivity index (χ0v) is 26.9. The van der Waals surface area contributed by atoms with E-state index in [0.717, 1.165) is 83.5 Å². The van der Waals surface area contributed by atoms with Crippen LogP contribution in [0.2, 0.25) is 0 Å². The average Bonchev–Trinajstić information content (AvgIpc) is 2.88. The zero-order valence-electron chi connectivity index (χ0n) is 26.9. The highest BCUT2D eigenvalue weighted by Crippen LogP contribution is 2.16. The fraction of sp³-hybridized carbons (Fsp3) is 1.00. The molecule has 0 aromatic rings. The van der Waals surface area contributed by atoms with Crippen molar-refractivity contribution in [2.75, 3.05) is 46.1 Å². The van der Waals surface area contributed by atoms with E-state index in [0.29, 0.717) is 6.54 Å². The number of hydrogen-bond donors (Lipinski definition) is 3. The van der Waals surface area contributed by atoms with Gasteiger partial charge in [0.2, 0.25) is 0 Å². The summed E-state index contributed by atoms with van der Waals surface area (Å²) in [5.41, 5.74) is 11.0. The van der Waals surface area contributed by atoms with Crippen molar-refractivity contribution in [2.24, 2.45) is 23.3 Å². The fourth-order valence-corrected chi connectivity index (χ4v) is 3.17. The molecule has 0 saturated heterocycles. The van der Waals surface area contributed by atoms with E-state index in [2.05, 4.69) is 60.7 Å². The molecule has 5 N–H and O–H groups in total. The number of hydrogen-bond acceptors (Lipinski definition) is 5. The Labute approximate surface area is 229 Å². The maximum atomic E-state index is 5.70. The van der Waals surface area contributed by atoms with Gasteiger partial charge in [-0.05, 0) is 96.2 Å². The smallest absolute Gasteiger partial charge is 0.0478 e. The second-order valence-corrected chi connectivity index (χ2v) is 10.4. The summed E-state index contributed by atoms with van der Waals surface area (Å²) in [7, 11) is 0. The van der Waals surface area contributed by atoms with Crippen LogP contribution in [0.3, 0.4) is 0 Å². The minimum atomic E-state index is 0.217. The Hall–Kier alpha value is -0.200. The number of rotatable bonds is 21. The Morgan fingerprint density at radius 2 is 1.22 bits per heavy atom. The Morgan fingerprint density at radius 3 is 1.69 bits per heavy atom. The van der Waals surface area contributed by atoms with Gasteiger partial charge < -0.3 is 26.3 Å². The van der Waals surface area contributed by atoms with Crippen LogP contribution in [-0.2, 0) is 9.47 Å². The summed E-state index contributed by atoms with van der Waals surface area (Å²) in [5.74, 6) is 1.66. The first-order valence-corrected chi connectivity index (χ1v) is 15.6. The van der Waals surface area contributed by atoms with E-state index in [4.69, 9.17) is 20.9 Å². The summed E-state index contributed by atoms with van der Waals surface area (Å²) in [6, 6.07) is 0. The largest absolute Gasteiger partial charge is 0.381 e. The summed E-state index contributed by atoms with van der Waals surface area (Å²) in [6.45, 7) is 27.9. The minimum Gasteiger partial charge on any atom is -0.381 e. The lowest BCUT2D eigenvalue weighted by atomic mass is 9.93. The van der Waals surface area contributed by atoms with Crippen LogP contribution in [0.5, 0.6) is 0 Å². The van der Waals surface area contributed by atoms with Gasteiger partial charge in [-0.15, -0.1) is 0 Å². The van der Waals surface area contributed by atoms with Crippen molar-refractivity contribution in [2.45, 2.75) is 145 Å². The molecule has 0 spiro atoms. The summed E-state index contributed by atoms with van der Waals surface area (Å²) in [4.78, 5) is 0. The van der Waals surface area contributed by atoms with E-state index in [9.17, 15) is 0 Å². The van der Waals surface area contributed by atoms with Crippen molar-refractivity contribution >= 4 is 0 Å². The molecule has 0 amide bonds. The second-order valence-electron chi connectivity index (χ2n) is 10.4. The summed E-state index contributed by atoms with van der Waals surface area (Å²) in [6.07, 6.45) is 12.9. The molecule has 0 rings (SSSR count). The van der Waals surface area contributed by atoms with Crippen LogP contribution in [0.25, 0.3) is 0 Å². The van der Waals surface area contributed by atoms with E-state index in [1.807, 2.05) is 13.8 Å². The van der Waals surface area contributed by atoms with Crippen LogP contribution in [0.15, 0.2) is 0 Å². The highest BCUT2D eigenvalue weighted by molar-refractivity contribution is 4.81. The SMILES string of the molecule is CC.CCC.CCC(C)(CCCOCCCN)NCCCOCCCC(C)C.CCC(C)CCCN. The van der Waals surface area contributed by atoms with Gasteiger partial charge in [0, 0.05) is 32.0 Å². The lowest BCUT2D eigenvalue weighted by molar-refractivity contribution is 0.116. The lowest BCUT2D eigenvalue weighted by Crippen LogP contribution is -2.42. The van der Waals surface area contributed by atoms with E-state index in [1.165, 1.54) is 38.5 Å². The first-order valence-electron chi connectivity index (χ1n) is 15.6. The topological polar surface area (TPSA) is 82.5 Å². The van der Waals surface area contributed by atoms with Gasteiger partial charge >= 0.3 is 0 Å². The summed E-state index contributed by atoms with van der Waals surface area (Å²) < 4.78 is 11.3. The third-order valence-electron chi connectivity index (χ3n) is 5.98. The fourth-order valence-electron chi connectivity index (χ4n) is 3.17. The van der Waals surface area contributed by atoms with Crippen molar-refractivity contribution in [3.05, 3.63) is 0 Å². The van der Waals surface area contributed by atoms with Crippen LogP contribution in [0.1, 0.15) is 140 Å². The molecule has 5 heteroatoms. The van der Waals surface area contributed by atoms with Gasteiger partial charge in [-0.1, -0.05) is 75.2 Å². The van der Waals surface area contributed by atoms with Crippen LogP contribution >= 0.6 is 0 Å². The molecule has 0 aromatic heterocycles. The maximum Gasteiger partial charge on any atom is 0.0478 e. The highest BCUT2D eigenvalue weighted by atomic mass is 16.5. The molecule has 224 valence electrons. The predicted molar refractivity (Wildman–Crippen MR) is 165 cm³/mol. The number of nitrogens with one attached hydrogen (secondary N) is 1. The van der Waals surface area contributed by atoms with Crippen LogP contribution < -0.4 is 16.8 Å². The Bertz CT molecular complexity index is 357. The molecule has 0 radical (unpaired) electrons. The number of nitrogens with two attached hydrogens (primary N) is 2. The molecule has 0 fully saturated rings. The molecule has 0 aliphatic heterocycles. The maximum absolute atomic E-state index is 5.70. The van der Waals surface area contributed by atoms with Crippen molar-refractivity contribution in [3.8, 4) is 0 Å². The molecule has 0 bridgehead atoms. The van der Waals surface area contributed by atoms with Crippen molar-refractivity contribution in [1.29, 1.82) is 0 Å². The lowest BCUT2D eigenvalue weighted by Gasteiger charge is -2.30. The predicted octanol–water partition coefficient (Wildman–Crippen LogP) is 7.95. The van der Waals surface area contributed by atoms with E-state index >= 15 is 0 Å². The Morgan fingerprint density at radius 1 is 0.722 bits per heavy atom. The van der Waals surface area contributed by atoms with Gasteiger partial charge in [-0.2, -0.15) is 0 Å². The monoisotopic (exact) mass is 520 g/mol. The molecule has 5 nitrogen and oxygen atoms in total. The second kappa shape index (κ2) is 37.0.